The number of benzene rings is 1. The number of rotatable bonds is 2. The van der Waals surface area contributed by atoms with E-state index in [9.17, 15) is 5.11 Å². The highest BCUT2D eigenvalue weighted by Crippen LogP contribution is 2.46. The van der Waals surface area contributed by atoms with E-state index in [-0.39, 0.29) is 6.10 Å². The Morgan fingerprint density at radius 3 is 2.63 bits per heavy atom. The highest BCUT2D eigenvalue weighted by Gasteiger charge is 2.35. The molecule has 0 heterocycles. The molecule has 2 aliphatic carbocycles. The predicted molar refractivity (Wildman–Crippen MR) is 78.9 cm³/mol. The fourth-order valence-electron chi connectivity index (χ4n) is 4.32. The zero-order valence-electron chi connectivity index (χ0n) is 12.0. The van der Waals surface area contributed by atoms with E-state index in [0.717, 1.165) is 17.4 Å². The fraction of sp³-hybridized carbons (Fsp3) is 0.667. The van der Waals surface area contributed by atoms with E-state index >= 15 is 0 Å². The van der Waals surface area contributed by atoms with Crippen LogP contribution in [0.3, 0.4) is 0 Å². The Hall–Kier alpha value is -0.820. The summed E-state index contributed by atoms with van der Waals surface area (Å²) < 4.78 is 0. The molecule has 0 radical (unpaired) electrons. The van der Waals surface area contributed by atoms with Crippen LogP contribution in [0.1, 0.15) is 62.2 Å². The molecule has 0 amide bonds. The van der Waals surface area contributed by atoms with Crippen molar-refractivity contribution < 1.29 is 5.11 Å². The second-order valence-electron chi connectivity index (χ2n) is 6.74. The monoisotopic (exact) mass is 258 g/mol. The van der Waals surface area contributed by atoms with E-state index in [1.54, 1.807) is 0 Å². The lowest BCUT2D eigenvalue weighted by Gasteiger charge is -2.40. The summed E-state index contributed by atoms with van der Waals surface area (Å²) in [5.41, 5.74) is 2.38. The summed E-state index contributed by atoms with van der Waals surface area (Å²) in [4.78, 5) is 0. The van der Waals surface area contributed by atoms with Crippen LogP contribution < -0.4 is 0 Å². The van der Waals surface area contributed by atoms with Crippen LogP contribution in [-0.4, -0.2) is 5.11 Å². The average Bonchev–Trinajstić information content (AvgIpc) is 2.46. The Morgan fingerprint density at radius 1 is 1.05 bits per heavy atom. The molecule has 0 aliphatic heterocycles. The van der Waals surface area contributed by atoms with E-state index < -0.39 is 0 Å². The second kappa shape index (κ2) is 5.66. The van der Waals surface area contributed by atoms with Gasteiger partial charge in [0.25, 0.3) is 0 Å². The summed E-state index contributed by atoms with van der Waals surface area (Å²) in [5, 5.41) is 10.7. The number of aliphatic hydroxyl groups excluding tert-OH is 1. The zero-order chi connectivity index (χ0) is 13.2. The second-order valence-corrected chi connectivity index (χ2v) is 6.74. The van der Waals surface area contributed by atoms with Gasteiger partial charge in [0.2, 0.25) is 0 Å². The lowest BCUT2D eigenvalue weighted by molar-refractivity contribution is 0.0349. The number of aryl methyl sites for hydroxylation is 1. The summed E-state index contributed by atoms with van der Waals surface area (Å²) >= 11 is 0. The molecule has 1 heteroatoms. The van der Waals surface area contributed by atoms with Gasteiger partial charge in [0.05, 0.1) is 6.10 Å². The summed E-state index contributed by atoms with van der Waals surface area (Å²) in [7, 11) is 0. The summed E-state index contributed by atoms with van der Waals surface area (Å²) in [5.74, 6) is 2.35. The minimum Gasteiger partial charge on any atom is -0.388 e. The van der Waals surface area contributed by atoms with E-state index in [1.807, 2.05) is 0 Å². The number of hydrogen-bond donors (Lipinski definition) is 1. The average molecular weight is 258 g/mol. The normalized spacial score (nSPS) is 32.6. The third kappa shape index (κ3) is 2.86. The van der Waals surface area contributed by atoms with Crippen molar-refractivity contribution in [2.45, 2.75) is 58.0 Å². The van der Waals surface area contributed by atoms with Gasteiger partial charge in [-0.05, 0) is 49.5 Å². The van der Waals surface area contributed by atoms with Gasteiger partial charge in [0, 0.05) is 0 Å². The first kappa shape index (κ1) is 13.2. The van der Waals surface area contributed by atoms with Crippen molar-refractivity contribution in [1.29, 1.82) is 0 Å². The van der Waals surface area contributed by atoms with Crippen LogP contribution in [0, 0.1) is 24.7 Å². The molecule has 0 bridgehead atoms. The van der Waals surface area contributed by atoms with Gasteiger partial charge in [-0.25, -0.2) is 0 Å². The first-order chi connectivity index (χ1) is 9.24. The van der Waals surface area contributed by atoms with Gasteiger partial charge in [-0.1, -0.05) is 55.5 Å². The lowest BCUT2D eigenvalue weighted by atomic mass is 9.66. The maximum Gasteiger partial charge on any atom is 0.0818 e. The first-order valence-electron chi connectivity index (χ1n) is 7.98. The maximum atomic E-state index is 10.7. The smallest absolute Gasteiger partial charge is 0.0818 e. The van der Waals surface area contributed by atoms with Crippen molar-refractivity contribution in [3.63, 3.8) is 0 Å². The minimum absolute atomic E-state index is 0.247. The molecule has 0 aromatic heterocycles. The Bertz CT molecular complexity index is 425. The molecular formula is C18H26O. The molecule has 0 spiro atoms. The van der Waals surface area contributed by atoms with Crippen LogP contribution >= 0.6 is 0 Å². The molecule has 19 heavy (non-hydrogen) atoms. The first-order valence-corrected chi connectivity index (χ1v) is 7.98. The molecule has 1 aromatic rings. The maximum absolute atomic E-state index is 10.7. The van der Waals surface area contributed by atoms with Crippen LogP contribution in [0.15, 0.2) is 24.3 Å². The van der Waals surface area contributed by atoms with Crippen LogP contribution in [0.4, 0.5) is 0 Å². The molecule has 2 aliphatic rings. The summed E-state index contributed by atoms with van der Waals surface area (Å²) in [6, 6.07) is 8.41. The molecule has 0 saturated heterocycles. The van der Waals surface area contributed by atoms with Gasteiger partial charge >= 0.3 is 0 Å². The van der Waals surface area contributed by atoms with Gasteiger partial charge in [-0.2, -0.15) is 0 Å². The van der Waals surface area contributed by atoms with E-state index in [1.165, 1.54) is 50.5 Å². The van der Waals surface area contributed by atoms with Gasteiger partial charge in [-0.15, -0.1) is 0 Å². The Balaban J connectivity index is 1.69. The molecule has 1 N–H and O–H groups in total. The van der Waals surface area contributed by atoms with Gasteiger partial charge in [-0.3, -0.25) is 0 Å². The molecule has 4 atom stereocenters. The highest BCUT2D eigenvalue weighted by molar-refractivity contribution is 5.24. The van der Waals surface area contributed by atoms with Crippen LogP contribution in [0.2, 0.25) is 0 Å². The number of fused-ring (bicyclic) bond motifs is 1. The van der Waals surface area contributed by atoms with Crippen molar-refractivity contribution >= 4 is 0 Å². The molecule has 3 rings (SSSR count). The summed E-state index contributed by atoms with van der Waals surface area (Å²) in [6.07, 6.45) is 9.26. The SMILES string of the molecule is Cc1cccc(C(O)C2CCC3CCCCC3C2)c1. The zero-order valence-corrected chi connectivity index (χ0v) is 12.0. The molecule has 2 fully saturated rings. The van der Waals surface area contributed by atoms with E-state index in [2.05, 4.69) is 31.2 Å². The third-order valence-corrected chi connectivity index (χ3v) is 5.41. The molecular weight excluding hydrogens is 232 g/mol. The predicted octanol–water partition coefficient (Wildman–Crippen LogP) is 4.63. The van der Waals surface area contributed by atoms with Crippen molar-refractivity contribution in [2.75, 3.05) is 0 Å². The van der Waals surface area contributed by atoms with Crippen molar-refractivity contribution in [1.82, 2.24) is 0 Å². The molecule has 4 unspecified atom stereocenters. The van der Waals surface area contributed by atoms with Crippen molar-refractivity contribution in [3.05, 3.63) is 35.4 Å². The minimum atomic E-state index is -0.247. The van der Waals surface area contributed by atoms with Crippen molar-refractivity contribution in [2.24, 2.45) is 17.8 Å². The van der Waals surface area contributed by atoms with Gasteiger partial charge in [0.15, 0.2) is 0 Å². The standard InChI is InChI=1S/C18H26O/c1-13-5-4-8-16(11-13)18(19)17-10-9-14-6-2-3-7-15(14)12-17/h4-5,8,11,14-15,17-19H,2-3,6-7,9-10,12H2,1H3. The molecule has 2 saturated carbocycles. The quantitative estimate of drug-likeness (QED) is 0.819. The van der Waals surface area contributed by atoms with Crippen LogP contribution in [-0.2, 0) is 0 Å². The third-order valence-electron chi connectivity index (χ3n) is 5.41. The molecule has 1 nitrogen and oxygen atoms in total. The van der Waals surface area contributed by atoms with Crippen molar-refractivity contribution in [3.8, 4) is 0 Å². The van der Waals surface area contributed by atoms with Gasteiger partial charge in [0.1, 0.15) is 0 Å². The fourth-order valence-corrected chi connectivity index (χ4v) is 4.32. The Morgan fingerprint density at radius 2 is 1.84 bits per heavy atom. The Kier molecular flexibility index (Phi) is 3.93. The van der Waals surface area contributed by atoms with E-state index in [0.29, 0.717) is 5.92 Å². The van der Waals surface area contributed by atoms with Crippen LogP contribution in [0.5, 0.6) is 0 Å². The number of hydrogen-bond acceptors (Lipinski definition) is 1. The largest absolute Gasteiger partial charge is 0.388 e. The van der Waals surface area contributed by atoms with E-state index in [4.69, 9.17) is 0 Å². The lowest BCUT2D eigenvalue weighted by Crippen LogP contribution is -2.30. The summed E-state index contributed by atoms with van der Waals surface area (Å²) in [6.45, 7) is 2.11. The molecule has 1 aromatic carbocycles. The number of aliphatic hydroxyl groups is 1. The highest BCUT2D eigenvalue weighted by atomic mass is 16.3. The van der Waals surface area contributed by atoms with Crippen LogP contribution in [0.25, 0.3) is 0 Å². The van der Waals surface area contributed by atoms with Gasteiger partial charge < -0.3 is 5.11 Å². The topological polar surface area (TPSA) is 20.2 Å². The Labute approximate surface area is 117 Å². The molecule has 104 valence electrons.